The zero-order valence-corrected chi connectivity index (χ0v) is 20.4. The van der Waals surface area contributed by atoms with Crippen molar-refractivity contribution in [2.45, 2.75) is 32.8 Å². The number of hydrogen-bond donors (Lipinski definition) is 2. The Kier molecular flexibility index (Phi) is 8.12. The fourth-order valence-corrected chi connectivity index (χ4v) is 4.30. The van der Waals surface area contributed by atoms with Crippen molar-refractivity contribution in [2.24, 2.45) is 5.92 Å². The first kappa shape index (κ1) is 24.4. The van der Waals surface area contributed by atoms with Crippen LogP contribution in [0.15, 0.2) is 66.7 Å². The van der Waals surface area contributed by atoms with E-state index in [1.807, 2.05) is 54.6 Å². The van der Waals surface area contributed by atoms with E-state index in [0.29, 0.717) is 25.5 Å². The molecule has 0 saturated carbocycles. The van der Waals surface area contributed by atoms with Crippen molar-refractivity contribution < 1.29 is 14.6 Å². The van der Waals surface area contributed by atoms with Gasteiger partial charge in [0.25, 0.3) is 0 Å². The molecule has 1 atom stereocenters. The highest BCUT2D eigenvalue weighted by Crippen LogP contribution is 2.33. The van der Waals surface area contributed by atoms with Gasteiger partial charge < -0.3 is 24.5 Å². The lowest BCUT2D eigenvalue weighted by Gasteiger charge is -2.29. The molecule has 35 heavy (non-hydrogen) atoms. The maximum absolute atomic E-state index is 10.9. The summed E-state index contributed by atoms with van der Waals surface area (Å²) in [5.74, 6) is 1.99. The van der Waals surface area contributed by atoms with Crippen LogP contribution in [0.5, 0.6) is 11.5 Å². The number of aromatic amines is 1. The van der Waals surface area contributed by atoms with Crippen molar-refractivity contribution in [2.75, 3.05) is 31.2 Å². The minimum atomic E-state index is -0.656. The molecule has 6 heteroatoms. The summed E-state index contributed by atoms with van der Waals surface area (Å²) in [4.78, 5) is 5.61. The number of aliphatic hydroxyl groups is 1. The molecule has 6 nitrogen and oxygen atoms in total. The normalized spacial score (nSPS) is 12.1. The summed E-state index contributed by atoms with van der Waals surface area (Å²) in [5.41, 5.74) is 3.12. The molecule has 4 aromatic rings. The molecule has 2 N–H and O–H groups in total. The highest BCUT2D eigenvalue weighted by molar-refractivity contribution is 6.10. The zero-order chi connectivity index (χ0) is 24.6. The van der Waals surface area contributed by atoms with Gasteiger partial charge in [0, 0.05) is 41.5 Å². The molecule has 0 fully saturated rings. The van der Waals surface area contributed by atoms with E-state index in [4.69, 9.17) is 14.7 Å². The summed E-state index contributed by atoms with van der Waals surface area (Å²) in [6.45, 7) is 6.34. The van der Waals surface area contributed by atoms with Gasteiger partial charge in [0.2, 0.25) is 0 Å². The average Bonchev–Trinajstić information content (AvgIpc) is 3.24. The molecule has 1 aromatic heterocycles. The number of benzene rings is 3. The Hall–Kier alpha value is -3.69. The van der Waals surface area contributed by atoms with Crippen LogP contribution >= 0.6 is 0 Å². The van der Waals surface area contributed by atoms with Gasteiger partial charge in [-0.15, -0.1) is 0 Å². The molecule has 4 rings (SSSR count). The molecule has 0 saturated heterocycles. The van der Waals surface area contributed by atoms with E-state index in [-0.39, 0.29) is 6.61 Å². The molecule has 3 aromatic carbocycles. The largest absolute Gasteiger partial charge is 0.494 e. The van der Waals surface area contributed by atoms with Crippen molar-refractivity contribution in [1.29, 1.82) is 5.26 Å². The standard InChI is InChI=1S/C29H33N3O3/c1-21(2)18-32(22-12-14-24(15-13-22)34-17-6-5-16-30)19-23(33)20-35-28-11-7-10-27-29(28)25-8-3-4-9-26(25)31-27/h3-4,7-15,21,23,31,33H,5-6,17-20H2,1-2H3/t23-/m0/s1. The molecule has 0 spiro atoms. The summed E-state index contributed by atoms with van der Waals surface area (Å²) in [6.07, 6.45) is 0.557. The van der Waals surface area contributed by atoms with E-state index >= 15 is 0 Å². The second-order valence-corrected chi connectivity index (χ2v) is 9.22. The topological polar surface area (TPSA) is 81.5 Å². The highest BCUT2D eigenvalue weighted by Gasteiger charge is 2.16. The monoisotopic (exact) mass is 471 g/mol. The SMILES string of the molecule is CC(C)CN(C[C@H](O)COc1cccc2[nH]c3ccccc3c12)c1ccc(OCCCC#N)cc1. The van der Waals surface area contributed by atoms with Gasteiger partial charge in [0.1, 0.15) is 24.2 Å². The predicted molar refractivity (Wildman–Crippen MR) is 141 cm³/mol. The minimum absolute atomic E-state index is 0.202. The summed E-state index contributed by atoms with van der Waals surface area (Å²) >= 11 is 0. The van der Waals surface area contributed by atoms with Crippen LogP contribution in [0.4, 0.5) is 5.69 Å². The smallest absolute Gasteiger partial charge is 0.129 e. The van der Waals surface area contributed by atoms with E-state index in [2.05, 4.69) is 41.9 Å². The van der Waals surface area contributed by atoms with E-state index in [1.54, 1.807) is 0 Å². The third-order valence-electron chi connectivity index (χ3n) is 5.84. The molecule has 0 bridgehead atoms. The van der Waals surface area contributed by atoms with Gasteiger partial charge in [-0.3, -0.25) is 0 Å². The van der Waals surface area contributed by atoms with Gasteiger partial charge >= 0.3 is 0 Å². The molecule has 1 heterocycles. The van der Waals surface area contributed by atoms with E-state index in [9.17, 15) is 5.11 Å². The van der Waals surface area contributed by atoms with Crippen LogP contribution in [-0.4, -0.2) is 42.5 Å². The number of para-hydroxylation sites is 1. The van der Waals surface area contributed by atoms with Crippen LogP contribution in [-0.2, 0) is 0 Å². The van der Waals surface area contributed by atoms with Crippen LogP contribution in [0.1, 0.15) is 26.7 Å². The van der Waals surface area contributed by atoms with Crippen LogP contribution in [0.3, 0.4) is 0 Å². The van der Waals surface area contributed by atoms with Crippen LogP contribution < -0.4 is 14.4 Å². The number of ether oxygens (including phenoxy) is 2. The summed E-state index contributed by atoms with van der Waals surface area (Å²) in [5, 5.41) is 21.7. The Morgan fingerprint density at radius 3 is 2.49 bits per heavy atom. The average molecular weight is 472 g/mol. The van der Waals surface area contributed by atoms with Crippen LogP contribution in [0, 0.1) is 17.2 Å². The third kappa shape index (κ3) is 6.26. The van der Waals surface area contributed by atoms with Crippen molar-refractivity contribution in [3.8, 4) is 17.6 Å². The lowest BCUT2D eigenvalue weighted by molar-refractivity contribution is 0.112. The quantitative estimate of drug-likeness (QED) is 0.251. The number of nitrogens with one attached hydrogen (secondary N) is 1. The van der Waals surface area contributed by atoms with Crippen molar-refractivity contribution in [3.05, 3.63) is 66.7 Å². The number of unbranched alkanes of at least 4 members (excludes halogenated alkanes) is 1. The molecular weight excluding hydrogens is 438 g/mol. The van der Waals surface area contributed by atoms with Crippen LogP contribution in [0.25, 0.3) is 21.8 Å². The molecule has 0 aliphatic heterocycles. The van der Waals surface area contributed by atoms with Gasteiger partial charge in [-0.1, -0.05) is 38.1 Å². The van der Waals surface area contributed by atoms with E-state index in [1.165, 1.54) is 0 Å². The Morgan fingerprint density at radius 1 is 0.943 bits per heavy atom. The maximum atomic E-state index is 10.9. The number of H-pyrrole nitrogens is 1. The first-order chi connectivity index (χ1) is 17.0. The Bertz CT molecular complexity index is 1270. The second kappa shape index (κ2) is 11.6. The first-order valence-corrected chi connectivity index (χ1v) is 12.2. The number of nitriles is 1. The fourth-order valence-electron chi connectivity index (χ4n) is 4.30. The van der Waals surface area contributed by atoms with Crippen molar-refractivity contribution in [3.63, 3.8) is 0 Å². The molecule has 0 aliphatic carbocycles. The fraction of sp³-hybridized carbons (Fsp3) is 0.345. The number of rotatable bonds is 12. The van der Waals surface area contributed by atoms with Gasteiger partial charge in [-0.2, -0.15) is 5.26 Å². The number of aliphatic hydroxyl groups excluding tert-OH is 1. The summed E-state index contributed by atoms with van der Waals surface area (Å²) < 4.78 is 11.8. The summed E-state index contributed by atoms with van der Waals surface area (Å²) in [6, 6.07) is 24.2. The highest BCUT2D eigenvalue weighted by atomic mass is 16.5. The Balaban J connectivity index is 1.41. The number of anilines is 1. The van der Waals surface area contributed by atoms with Gasteiger partial charge in [0.05, 0.1) is 18.2 Å². The third-order valence-corrected chi connectivity index (χ3v) is 5.84. The maximum Gasteiger partial charge on any atom is 0.129 e. The lowest BCUT2D eigenvalue weighted by Crippen LogP contribution is -2.37. The van der Waals surface area contributed by atoms with Crippen molar-refractivity contribution in [1.82, 2.24) is 4.98 Å². The lowest BCUT2D eigenvalue weighted by atomic mass is 10.1. The number of aromatic nitrogens is 1. The molecular formula is C29H33N3O3. The molecule has 182 valence electrons. The Labute approximate surface area is 206 Å². The number of nitrogens with zero attached hydrogens (tertiary/aromatic N) is 2. The zero-order valence-electron chi connectivity index (χ0n) is 20.4. The predicted octanol–water partition coefficient (Wildman–Crippen LogP) is 5.91. The van der Waals surface area contributed by atoms with E-state index in [0.717, 1.165) is 52.0 Å². The van der Waals surface area contributed by atoms with E-state index < -0.39 is 6.10 Å². The number of fused-ring (bicyclic) bond motifs is 3. The summed E-state index contributed by atoms with van der Waals surface area (Å²) in [7, 11) is 0. The Morgan fingerprint density at radius 2 is 1.71 bits per heavy atom. The molecule has 0 aliphatic rings. The molecule has 0 amide bonds. The molecule has 0 radical (unpaired) electrons. The number of hydrogen-bond acceptors (Lipinski definition) is 5. The van der Waals surface area contributed by atoms with Gasteiger partial charge in [-0.05, 0) is 54.8 Å². The first-order valence-electron chi connectivity index (χ1n) is 12.2. The minimum Gasteiger partial charge on any atom is -0.494 e. The van der Waals surface area contributed by atoms with Crippen LogP contribution in [0.2, 0.25) is 0 Å². The van der Waals surface area contributed by atoms with Gasteiger partial charge in [0.15, 0.2) is 0 Å². The second-order valence-electron chi connectivity index (χ2n) is 9.22. The van der Waals surface area contributed by atoms with Crippen molar-refractivity contribution >= 4 is 27.5 Å². The molecule has 0 unspecified atom stereocenters. The van der Waals surface area contributed by atoms with Gasteiger partial charge in [-0.25, -0.2) is 0 Å².